The summed E-state index contributed by atoms with van der Waals surface area (Å²) >= 11 is 0. The maximum absolute atomic E-state index is 13.8. The van der Waals surface area contributed by atoms with Gasteiger partial charge in [-0.2, -0.15) is 0 Å². The van der Waals surface area contributed by atoms with Crippen molar-refractivity contribution in [3.8, 4) is 11.5 Å². The number of ether oxygens (including phenoxy) is 2. The summed E-state index contributed by atoms with van der Waals surface area (Å²) in [6.45, 7) is 0.456. The summed E-state index contributed by atoms with van der Waals surface area (Å²) in [4.78, 5) is 33.0. The molecule has 1 aliphatic rings. The first-order valence-corrected chi connectivity index (χ1v) is 10.7. The molecule has 1 unspecified atom stereocenters. The molecule has 1 aliphatic heterocycles. The van der Waals surface area contributed by atoms with E-state index in [0.717, 1.165) is 16.7 Å². The molecule has 0 aliphatic carbocycles. The molecule has 1 atom stereocenters. The summed E-state index contributed by atoms with van der Waals surface area (Å²) in [7, 11) is 3.20. The van der Waals surface area contributed by atoms with E-state index in [4.69, 9.17) is 9.47 Å². The first-order valence-electron chi connectivity index (χ1n) is 10.7. The van der Waals surface area contributed by atoms with Crippen LogP contribution in [-0.2, 0) is 6.42 Å². The molecular formula is C26H23N3O4. The van der Waals surface area contributed by atoms with Gasteiger partial charge in [0.2, 0.25) is 0 Å². The van der Waals surface area contributed by atoms with Crippen molar-refractivity contribution in [3.63, 3.8) is 0 Å². The minimum absolute atomic E-state index is 0.0450. The number of hydrogen-bond acceptors (Lipinski definition) is 5. The Balaban J connectivity index is 1.65. The second kappa shape index (κ2) is 8.43. The molecule has 166 valence electrons. The number of aromatic nitrogens is 2. The standard InChI is InChI=1S/C26H23N3O4/c1-32-21-14-18-11-13-29(24(17-8-4-3-5-9-17)19(18)15-22(21)33-2)26(31)20-16-27-23-10-6-7-12-28(23)25(20)30/h3-10,12,14-16,24H,11,13H2,1-2H3. The zero-order chi connectivity index (χ0) is 22.9. The highest BCUT2D eigenvalue weighted by molar-refractivity contribution is 5.94. The van der Waals surface area contributed by atoms with Crippen LogP contribution in [0.1, 0.15) is 33.1 Å². The molecule has 1 amide bonds. The van der Waals surface area contributed by atoms with E-state index in [1.807, 2.05) is 42.5 Å². The van der Waals surface area contributed by atoms with Crippen molar-refractivity contribution in [1.29, 1.82) is 0 Å². The highest BCUT2D eigenvalue weighted by atomic mass is 16.5. The summed E-state index contributed by atoms with van der Waals surface area (Å²) in [6, 6.07) is 18.6. The first-order chi connectivity index (χ1) is 16.1. The minimum Gasteiger partial charge on any atom is -0.493 e. The molecule has 0 bridgehead atoms. The van der Waals surface area contributed by atoms with Crippen LogP contribution in [0.25, 0.3) is 5.65 Å². The van der Waals surface area contributed by atoms with Gasteiger partial charge in [0.25, 0.3) is 11.5 Å². The summed E-state index contributed by atoms with van der Waals surface area (Å²) in [5.74, 6) is 0.902. The summed E-state index contributed by atoms with van der Waals surface area (Å²) in [5.41, 5.74) is 3.15. The molecule has 5 rings (SSSR count). The van der Waals surface area contributed by atoms with Crippen molar-refractivity contribution in [2.24, 2.45) is 0 Å². The molecule has 7 heteroatoms. The van der Waals surface area contributed by atoms with Gasteiger partial charge in [0, 0.05) is 18.9 Å². The van der Waals surface area contributed by atoms with Gasteiger partial charge in [-0.15, -0.1) is 0 Å². The van der Waals surface area contributed by atoms with Gasteiger partial charge in [-0.1, -0.05) is 36.4 Å². The van der Waals surface area contributed by atoms with Crippen LogP contribution in [0, 0.1) is 0 Å². The van der Waals surface area contributed by atoms with E-state index < -0.39 is 0 Å². The molecule has 0 spiro atoms. The lowest BCUT2D eigenvalue weighted by Gasteiger charge is -2.38. The molecule has 3 heterocycles. The Morgan fingerprint density at radius 2 is 1.73 bits per heavy atom. The minimum atomic E-state index is -0.379. The molecule has 2 aromatic carbocycles. The first kappa shape index (κ1) is 20.8. The largest absolute Gasteiger partial charge is 0.493 e. The Morgan fingerprint density at radius 1 is 1.00 bits per heavy atom. The van der Waals surface area contributed by atoms with Gasteiger partial charge in [-0.25, -0.2) is 4.98 Å². The van der Waals surface area contributed by atoms with Gasteiger partial charge < -0.3 is 14.4 Å². The number of rotatable bonds is 4. The molecule has 7 nitrogen and oxygen atoms in total. The van der Waals surface area contributed by atoms with E-state index in [2.05, 4.69) is 4.98 Å². The third kappa shape index (κ3) is 3.51. The Labute approximate surface area is 190 Å². The zero-order valence-electron chi connectivity index (χ0n) is 18.4. The average molecular weight is 441 g/mol. The smallest absolute Gasteiger partial charge is 0.270 e. The van der Waals surface area contributed by atoms with Gasteiger partial charge in [0.05, 0.1) is 20.3 Å². The molecule has 0 fully saturated rings. The monoisotopic (exact) mass is 441 g/mol. The number of amides is 1. The highest BCUT2D eigenvalue weighted by Gasteiger charge is 2.35. The number of fused-ring (bicyclic) bond motifs is 2. The molecule has 2 aromatic heterocycles. The molecule has 0 saturated carbocycles. The van der Waals surface area contributed by atoms with Gasteiger partial charge in [0.15, 0.2) is 11.5 Å². The maximum Gasteiger partial charge on any atom is 0.270 e. The van der Waals surface area contributed by atoms with Gasteiger partial charge in [0.1, 0.15) is 11.2 Å². The van der Waals surface area contributed by atoms with Gasteiger partial charge >= 0.3 is 0 Å². The highest BCUT2D eigenvalue weighted by Crippen LogP contribution is 2.41. The SMILES string of the molecule is COc1cc2c(cc1OC)C(c1ccccc1)N(C(=O)c1cnc3ccccn3c1=O)CC2. The normalized spacial score (nSPS) is 15.2. The molecule has 33 heavy (non-hydrogen) atoms. The van der Waals surface area contributed by atoms with Gasteiger partial charge in [-0.3, -0.25) is 14.0 Å². The number of carbonyl (C=O) groups excluding carboxylic acids is 1. The number of nitrogens with zero attached hydrogens (tertiary/aromatic N) is 3. The second-order valence-electron chi connectivity index (χ2n) is 7.87. The van der Waals surface area contributed by atoms with Crippen LogP contribution in [-0.4, -0.2) is 41.0 Å². The molecule has 0 saturated heterocycles. The van der Waals surface area contributed by atoms with Crippen molar-refractivity contribution in [1.82, 2.24) is 14.3 Å². The lowest BCUT2D eigenvalue weighted by atomic mass is 9.87. The zero-order valence-corrected chi connectivity index (χ0v) is 18.4. The van der Waals surface area contributed by atoms with E-state index >= 15 is 0 Å². The Kier molecular flexibility index (Phi) is 5.30. The van der Waals surface area contributed by atoms with Crippen LogP contribution in [0.3, 0.4) is 0 Å². The lowest BCUT2D eigenvalue weighted by Crippen LogP contribution is -2.43. The summed E-state index contributed by atoms with van der Waals surface area (Å²) in [5, 5.41) is 0. The average Bonchev–Trinajstić information content (AvgIpc) is 2.87. The Bertz CT molecular complexity index is 1400. The number of pyridine rings is 1. The van der Waals surface area contributed by atoms with E-state index in [9.17, 15) is 9.59 Å². The van der Waals surface area contributed by atoms with Gasteiger partial charge in [-0.05, 0) is 47.4 Å². The quantitative estimate of drug-likeness (QED) is 0.485. The Hall–Kier alpha value is -4.13. The van der Waals surface area contributed by atoms with Crippen molar-refractivity contribution in [2.45, 2.75) is 12.5 Å². The van der Waals surface area contributed by atoms with Crippen molar-refractivity contribution < 1.29 is 14.3 Å². The Morgan fingerprint density at radius 3 is 2.48 bits per heavy atom. The van der Waals surface area contributed by atoms with E-state index in [1.54, 1.807) is 43.5 Å². The predicted octanol–water partition coefficient (Wildman–Crippen LogP) is 3.50. The summed E-state index contributed by atoms with van der Waals surface area (Å²) in [6.07, 6.45) is 3.64. The molecular weight excluding hydrogens is 418 g/mol. The van der Waals surface area contributed by atoms with Crippen LogP contribution in [0.15, 0.2) is 77.9 Å². The third-order valence-electron chi connectivity index (χ3n) is 6.09. The van der Waals surface area contributed by atoms with Crippen LogP contribution in [0.4, 0.5) is 0 Å². The van der Waals surface area contributed by atoms with Crippen LogP contribution >= 0.6 is 0 Å². The fourth-order valence-corrected chi connectivity index (χ4v) is 4.49. The fourth-order valence-electron chi connectivity index (χ4n) is 4.49. The third-order valence-corrected chi connectivity index (χ3v) is 6.09. The van der Waals surface area contributed by atoms with Crippen LogP contribution < -0.4 is 15.0 Å². The summed E-state index contributed by atoms with van der Waals surface area (Å²) < 4.78 is 12.4. The van der Waals surface area contributed by atoms with E-state index in [1.165, 1.54) is 10.6 Å². The number of benzene rings is 2. The van der Waals surface area contributed by atoms with Crippen LogP contribution in [0.5, 0.6) is 11.5 Å². The molecule has 4 aromatic rings. The number of carbonyl (C=O) groups is 1. The molecule has 0 radical (unpaired) electrons. The maximum atomic E-state index is 13.8. The second-order valence-corrected chi connectivity index (χ2v) is 7.87. The predicted molar refractivity (Wildman–Crippen MR) is 124 cm³/mol. The van der Waals surface area contributed by atoms with Crippen molar-refractivity contribution in [2.75, 3.05) is 20.8 Å². The van der Waals surface area contributed by atoms with Crippen molar-refractivity contribution >= 4 is 11.6 Å². The van der Waals surface area contributed by atoms with E-state index in [-0.39, 0.29) is 23.1 Å². The topological polar surface area (TPSA) is 73.1 Å². The van der Waals surface area contributed by atoms with E-state index in [0.29, 0.717) is 30.1 Å². The van der Waals surface area contributed by atoms with Crippen molar-refractivity contribution in [3.05, 3.63) is 106 Å². The lowest BCUT2D eigenvalue weighted by molar-refractivity contribution is 0.0691. The number of methoxy groups -OCH3 is 2. The number of hydrogen-bond donors (Lipinski definition) is 0. The molecule has 0 N–H and O–H groups in total. The van der Waals surface area contributed by atoms with Crippen LogP contribution in [0.2, 0.25) is 0 Å². The fraction of sp³-hybridized carbons (Fsp3) is 0.192.